The van der Waals surface area contributed by atoms with Gasteiger partial charge in [0.25, 0.3) is 4.06 Å². The predicted molar refractivity (Wildman–Crippen MR) is 76.6 cm³/mol. The summed E-state index contributed by atoms with van der Waals surface area (Å²) in [4.78, 5) is 21.8. The number of hydrogen-bond donors (Lipinski definition) is 0. The lowest BCUT2D eigenvalue weighted by molar-refractivity contribution is 1.45. The maximum atomic E-state index is 11.4. The highest BCUT2D eigenvalue weighted by molar-refractivity contribution is 7.35. The predicted octanol–water partition coefficient (Wildman–Crippen LogP) is 3.42. The summed E-state index contributed by atoms with van der Waals surface area (Å²) >= 11 is 2.32. The van der Waals surface area contributed by atoms with Gasteiger partial charge >= 0.3 is 0 Å². The zero-order valence-electron chi connectivity index (χ0n) is 9.08. The van der Waals surface area contributed by atoms with Crippen molar-refractivity contribution in [2.24, 2.45) is 0 Å². The zero-order chi connectivity index (χ0) is 12.1. The Hall–Kier alpha value is -1.85. The van der Waals surface area contributed by atoms with Gasteiger partial charge in [-0.25, -0.2) is 9.97 Å². The van der Waals surface area contributed by atoms with Crippen LogP contribution in [-0.2, 0) is 0 Å². The second-order valence-electron chi connectivity index (χ2n) is 3.98. The van der Waals surface area contributed by atoms with E-state index in [1.807, 2.05) is 24.3 Å². The first kappa shape index (κ1) is 10.1. The van der Waals surface area contributed by atoms with E-state index in [-0.39, 0.29) is 4.06 Å². The molecule has 3 nitrogen and oxygen atoms in total. The summed E-state index contributed by atoms with van der Waals surface area (Å²) in [5.41, 5.74) is 1.69. The molecule has 0 atom stereocenters. The number of hydrogen-bond acceptors (Lipinski definition) is 5. The summed E-state index contributed by atoms with van der Waals surface area (Å²) in [7, 11) is 0. The summed E-state index contributed by atoms with van der Waals surface area (Å²) in [5.74, 6) is 0. The molecule has 0 bridgehead atoms. The summed E-state index contributed by atoms with van der Waals surface area (Å²) in [6.07, 6.45) is 0. The molecule has 2 aromatic carbocycles. The number of benzene rings is 2. The molecule has 0 aliphatic heterocycles. The molecule has 0 unspecified atom stereocenters. The van der Waals surface area contributed by atoms with Crippen molar-refractivity contribution in [3.63, 3.8) is 0 Å². The molecular weight excluding hydrogens is 264 g/mol. The Labute approximate surface area is 109 Å². The van der Waals surface area contributed by atoms with Crippen LogP contribution in [0.3, 0.4) is 0 Å². The molecule has 0 aliphatic rings. The van der Waals surface area contributed by atoms with Gasteiger partial charge in [-0.3, -0.25) is 4.79 Å². The van der Waals surface area contributed by atoms with Crippen LogP contribution in [0.4, 0.5) is 0 Å². The van der Waals surface area contributed by atoms with E-state index in [1.165, 1.54) is 0 Å². The molecular formula is C13H6N2OS2. The van der Waals surface area contributed by atoms with Crippen molar-refractivity contribution in [3.05, 3.63) is 45.2 Å². The van der Waals surface area contributed by atoms with Gasteiger partial charge in [0, 0.05) is 0 Å². The van der Waals surface area contributed by atoms with Crippen LogP contribution in [-0.4, -0.2) is 9.97 Å². The first-order valence-electron chi connectivity index (χ1n) is 5.40. The summed E-state index contributed by atoms with van der Waals surface area (Å²) in [6, 6.07) is 12.2. The van der Waals surface area contributed by atoms with Crippen molar-refractivity contribution >= 4 is 54.1 Å². The maximum Gasteiger partial charge on any atom is 0.291 e. The number of aromatic nitrogens is 2. The second kappa shape index (κ2) is 3.57. The van der Waals surface area contributed by atoms with E-state index in [1.54, 1.807) is 0 Å². The normalized spacial score (nSPS) is 11.6. The van der Waals surface area contributed by atoms with Gasteiger partial charge in [-0.05, 0) is 22.9 Å². The molecule has 86 valence electrons. The number of rotatable bonds is 0. The molecule has 0 amide bonds. The first-order chi connectivity index (χ1) is 8.79. The third-order valence-corrected chi connectivity index (χ3v) is 4.75. The molecule has 0 fully saturated rings. The highest BCUT2D eigenvalue weighted by Crippen LogP contribution is 2.24. The fraction of sp³-hybridized carbons (Fsp3) is 0. The smallest absolute Gasteiger partial charge is 0.265 e. The highest BCUT2D eigenvalue weighted by atomic mass is 32.2. The van der Waals surface area contributed by atoms with E-state index in [9.17, 15) is 4.79 Å². The van der Waals surface area contributed by atoms with Crippen molar-refractivity contribution in [3.8, 4) is 0 Å². The van der Waals surface area contributed by atoms with Crippen LogP contribution in [0.1, 0.15) is 0 Å². The Kier molecular flexibility index (Phi) is 2.00. The lowest BCUT2D eigenvalue weighted by atomic mass is 10.1. The van der Waals surface area contributed by atoms with Gasteiger partial charge in [-0.2, -0.15) is 0 Å². The minimum absolute atomic E-state index is 0.0462. The zero-order valence-corrected chi connectivity index (χ0v) is 10.7. The van der Waals surface area contributed by atoms with E-state index >= 15 is 0 Å². The molecule has 4 rings (SSSR count). The van der Waals surface area contributed by atoms with Gasteiger partial charge in [0.15, 0.2) is 9.66 Å². The fourth-order valence-electron chi connectivity index (χ4n) is 2.02. The Morgan fingerprint density at radius 3 is 1.83 bits per heavy atom. The van der Waals surface area contributed by atoms with Crippen LogP contribution in [0.25, 0.3) is 31.5 Å². The molecule has 4 aromatic rings. The molecule has 0 N–H and O–H groups in total. The molecule has 0 spiro atoms. The second-order valence-corrected chi connectivity index (χ2v) is 6.16. The Morgan fingerprint density at radius 2 is 1.33 bits per heavy atom. The lowest BCUT2D eigenvalue weighted by Gasteiger charge is -2.00. The van der Waals surface area contributed by atoms with Crippen molar-refractivity contribution in [1.82, 2.24) is 9.97 Å². The molecule has 0 saturated carbocycles. The number of nitrogens with zero attached hydrogens (tertiary/aromatic N) is 2. The van der Waals surface area contributed by atoms with Crippen LogP contribution >= 0.6 is 22.7 Å². The van der Waals surface area contributed by atoms with Crippen LogP contribution in [0.2, 0.25) is 0 Å². The standard InChI is InChI=1S/C13H6N2OS2/c16-13-17-11-12(18-13)15-10-6-8-4-2-1-3-7(8)5-9(10)14-11/h1-6H. The third-order valence-electron chi connectivity index (χ3n) is 2.83. The van der Waals surface area contributed by atoms with Crippen molar-refractivity contribution in [2.45, 2.75) is 0 Å². The van der Waals surface area contributed by atoms with Crippen LogP contribution in [0.15, 0.2) is 41.2 Å². The minimum Gasteiger partial charge on any atom is -0.265 e. The monoisotopic (exact) mass is 270 g/mol. The molecule has 0 aliphatic carbocycles. The Balaban J connectivity index is 2.22. The van der Waals surface area contributed by atoms with Gasteiger partial charge in [0.2, 0.25) is 0 Å². The van der Waals surface area contributed by atoms with E-state index in [4.69, 9.17) is 0 Å². The van der Waals surface area contributed by atoms with Crippen molar-refractivity contribution in [1.29, 1.82) is 0 Å². The summed E-state index contributed by atoms with van der Waals surface area (Å²) in [6.45, 7) is 0. The summed E-state index contributed by atoms with van der Waals surface area (Å²) in [5, 5.41) is 2.28. The fourth-order valence-corrected chi connectivity index (χ4v) is 3.78. The average molecular weight is 270 g/mol. The van der Waals surface area contributed by atoms with Gasteiger partial charge in [-0.15, -0.1) is 0 Å². The number of fused-ring (bicyclic) bond motifs is 3. The van der Waals surface area contributed by atoms with Gasteiger partial charge in [0.05, 0.1) is 11.0 Å². The summed E-state index contributed by atoms with van der Waals surface area (Å²) < 4.78 is 0.0462. The molecule has 0 radical (unpaired) electrons. The quantitative estimate of drug-likeness (QED) is 0.460. The van der Waals surface area contributed by atoms with Gasteiger partial charge in [-0.1, -0.05) is 46.9 Å². The molecule has 5 heteroatoms. The Morgan fingerprint density at radius 1 is 0.833 bits per heavy atom. The Bertz CT molecular complexity index is 880. The van der Waals surface area contributed by atoms with E-state index in [2.05, 4.69) is 22.1 Å². The van der Waals surface area contributed by atoms with E-state index in [0.29, 0.717) is 0 Å². The van der Waals surface area contributed by atoms with Crippen molar-refractivity contribution < 1.29 is 0 Å². The van der Waals surface area contributed by atoms with Gasteiger partial charge < -0.3 is 0 Å². The van der Waals surface area contributed by atoms with Crippen molar-refractivity contribution in [2.75, 3.05) is 0 Å². The van der Waals surface area contributed by atoms with Crippen LogP contribution in [0.5, 0.6) is 0 Å². The highest BCUT2D eigenvalue weighted by Gasteiger charge is 2.06. The third kappa shape index (κ3) is 1.45. The van der Waals surface area contributed by atoms with Crippen LogP contribution in [0, 0.1) is 0 Å². The van der Waals surface area contributed by atoms with E-state index in [0.717, 1.165) is 54.1 Å². The maximum absolute atomic E-state index is 11.4. The molecule has 18 heavy (non-hydrogen) atoms. The SMILES string of the molecule is O=c1sc2nc3cc4ccccc4cc3nc2s1. The average Bonchev–Trinajstić information content (AvgIpc) is 2.72. The van der Waals surface area contributed by atoms with Crippen LogP contribution < -0.4 is 4.06 Å². The molecule has 0 saturated heterocycles. The molecule has 2 aromatic heterocycles. The lowest BCUT2D eigenvalue weighted by Crippen LogP contribution is -1.83. The molecule has 2 heterocycles. The van der Waals surface area contributed by atoms with E-state index < -0.39 is 0 Å². The first-order valence-corrected chi connectivity index (χ1v) is 7.03. The minimum atomic E-state index is 0.0462. The van der Waals surface area contributed by atoms with Gasteiger partial charge in [0.1, 0.15) is 0 Å². The topological polar surface area (TPSA) is 42.9 Å². The largest absolute Gasteiger partial charge is 0.291 e.